The van der Waals surface area contributed by atoms with Gasteiger partial charge in [-0.3, -0.25) is 9.59 Å². The van der Waals surface area contributed by atoms with E-state index in [9.17, 15) is 14.7 Å². The summed E-state index contributed by atoms with van der Waals surface area (Å²) in [4.78, 5) is 29.4. The second kappa shape index (κ2) is 10.1. The molecule has 2 saturated heterocycles. The maximum Gasteiger partial charge on any atom is 0.289 e. The van der Waals surface area contributed by atoms with E-state index in [-0.39, 0.29) is 17.7 Å². The largest absolute Gasteiger partial charge is 0.451 e. The van der Waals surface area contributed by atoms with Crippen molar-refractivity contribution in [3.8, 4) is 0 Å². The number of piperidine rings is 1. The summed E-state index contributed by atoms with van der Waals surface area (Å²) in [6, 6.07) is 18.0. The lowest BCUT2D eigenvalue weighted by atomic mass is 9.84. The van der Waals surface area contributed by atoms with E-state index in [0.29, 0.717) is 49.7 Å². The van der Waals surface area contributed by atoms with Gasteiger partial charge in [-0.05, 0) is 67.3 Å². The van der Waals surface area contributed by atoms with Gasteiger partial charge in [-0.15, -0.1) is 0 Å². The van der Waals surface area contributed by atoms with Crippen molar-refractivity contribution >= 4 is 22.8 Å². The minimum atomic E-state index is -0.985. The Morgan fingerprint density at radius 3 is 2.42 bits per heavy atom. The van der Waals surface area contributed by atoms with Gasteiger partial charge in [0.25, 0.3) is 5.91 Å². The van der Waals surface area contributed by atoms with Crippen molar-refractivity contribution in [1.29, 1.82) is 0 Å². The number of benzene rings is 2. The number of likely N-dealkylation sites (tertiary alicyclic amines) is 2. The molecule has 1 atom stereocenters. The fraction of sp³-hybridized carbons (Fsp3) is 0.467. The Kier molecular flexibility index (Phi) is 6.89. The van der Waals surface area contributed by atoms with E-state index in [1.54, 1.807) is 0 Å². The number of hydrogen-bond acceptors (Lipinski definition) is 4. The predicted octanol–water partition coefficient (Wildman–Crippen LogP) is 5.31. The fourth-order valence-electron chi connectivity index (χ4n) is 5.70. The third-order valence-electron chi connectivity index (χ3n) is 7.95. The lowest BCUT2D eigenvalue weighted by molar-refractivity contribution is -0.139. The number of nitrogens with zero attached hydrogens (tertiary/aromatic N) is 2. The molecule has 190 valence electrons. The van der Waals surface area contributed by atoms with Crippen molar-refractivity contribution in [2.24, 2.45) is 5.92 Å². The van der Waals surface area contributed by atoms with Gasteiger partial charge >= 0.3 is 0 Å². The molecule has 1 N–H and O–H groups in total. The summed E-state index contributed by atoms with van der Waals surface area (Å²) in [6.07, 6.45) is 3.99. The van der Waals surface area contributed by atoms with Crippen LogP contribution in [-0.2, 0) is 10.4 Å². The number of fused-ring (bicyclic) bond motifs is 1. The second-order valence-corrected chi connectivity index (χ2v) is 10.7. The topological polar surface area (TPSA) is 74.0 Å². The smallest absolute Gasteiger partial charge is 0.289 e. The van der Waals surface area contributed by atoms with E-state index < -0.39 is 5.60 Å². The number of furan rings is 1. The SMILES string of the molecule is CC(C)C(=O)N1CCC(O)(c2ccc3oc(C(=O)N4CCCC(c5ccccc5)CC4)cc3c2)CC1. The van der Waals surface area contributed by atoms with E-state index >= 15 is 0 Å². The summed E-state index contributed by atoms with van der Waals surface area (Å²) in [5.41, 5.74) is 1.82. The Morgan fingerprint density at radius 1 is 0.944 bits per heavy atom. The summed E-state index contributed by atoms with van der Waals surface area (Å²) in [7, 11) is 0. The first-order valence-electron chi connectivity index (χ1n) is 13.2. The second-order valence-electron chi connectivity index (χ2n) is 10.7. The van der Waals surface area contributed by atoms with Crippen LogP contribution in [0.25, 0.3) is 11.0 Å². The molecule has 2 amide bonds. The quantitative estimate of drug-likeness (QED) is 0.540. The maximum absolute atomic E-state index is 13.3. The summed E-state index contributed by atoms with van der Waals surface area (Å²) < 4.78 is 5.96. The molecule has 0 bridgehead atoms. The highest BCUT2D eigenvalue weighted by Gasteiger charge is 2.36. The molecule has 2 fully saturated rings. The minimum Gasteiger partial charge on any atom is -0.451 e. The number of rotatable bonds is 4. The first-order chi connectivity index (χ1) is 17.3. The highest BCUT2D eigenvalue weighted by atomic mass is 16.3. The van der Waals surface area contributed by atoms with Crippen LogP contribution < -0.4 is 0 Å². The third-order valence-corrected chi connectivity index (χ3v) is 7.95. The highest BCUT2D eigenvalue weighted by molar-refractivity contribution is 5.96. The molecule has 1 aromatic heterocycles. The molecule has 0 spiro atoms. The van der Waals surface area contributed by atoms with Crippen LogP contribution in [0.3, 0.4) is 0 Å². The van der Waals surface area contributed by atoms with Gasteiger partial charge in [0, 0.05) is 37.5 Å². The normalized spacial score (nSPS) is 20.5. The van der Waals surface area contributed by atoms with Gasteiger partial charge in [0.05, 0.1) is 5.60 Å². The van der Waals surface area contributed by atoms with Gasteiger partial charge in [-0.25, -0.2) is 0 Å². The first kappa shape index (κ1) is 24.6. The number of carbonyl (C=O) groups is 2. The van der Waals surface area contributed by atoms with E-state index in [2.05, 4.69) is 24.3 Å². The van der Waals surface area contributed by atoms with E-state index in [4.69, 9.17) is 4.42 Å². The van der Waals surface area contributed by atoms with Crippen molar-refractivity contribution in [3.63, 3.8) is 0 Å². The molecular weight excluding hydrogens is 452 g/mol. The average molecular weight is 489 g/mol. The van der Waals surface area contributed by atoms with Crippen molar-refractivity contribution in [3.05, 3.63) is 71.5 Å². The summed E-state index contributed by atoms with van der Waals surface area (Å²) in [5, 5.41) is 12.2. The van der Waals surface area contributed by atoms with Crippen LogP contribution in [0.5, 0.6) is 0 Å². The lowest BCUT2D eigenvalue weighted by Gasteiger charge is -2.39. The number of amides is 2. The number of hydrogen-bond donors (Lipinski definition) is 1. The summed E-state index contributed by atoms with van der Waals surface area (Å²) in [6.45, 7) is 6.34. The van der Waals surface area contributed by atoms with Crippen LogP contribution in [0.1, 0.15) is 73.6 Å². The standard InChI is InChI=1S/C30H36N2O4/c1-21(2)28(33)32-17-13-30(35,14-18-32)25-10-11-26-24(19-25)20-27(36-26)29(34)31-15-6-9-23(12-16-31)22-7-4-3-5-8-22/h3-5,7-8,10-11,19-21,23,35H,6,9,12-18H2,1-2H3. The van der Waals surface area contributed by atoms with E-state index in [0.717, 1.165) is 36.8 Å². The molecule has 6 nitrogen and oxygen atoms in total. The summed E-state index contributed by atoms with van der Waals surface area (Å²) >= 11 is 0. The average Bonchev–Trinajstić information content (AvgIpc) is 3.17. The molecule has 3 aromatic rings. The van der Waals surface area contributed by atoms with Crippen LogP contribution in [0.15, 0.2) is 59.0 Å². The molecule has 2 aliphatic rings. The Labute approximate surface area is 212 Å². The maximum atomic E-state index is 13.3. The first-order valence-corrected chi connectivity index (χ1v) is 13.2. The fourth-order valence-corrected chi connectivity index (χ4v) is 5.70. The summed E-state index contributed by atoms with van der Waals surface area (Å²) in [5.74, 6) is 0.854. The van der Waals surface area contributed by atoms with Gasteiger partial charge < -0.3 is 19.3 Å². The monoisotopic (exact) mass is 488 g/mol. The van der Waals surface area contributed by atoms with Crippen LogP contribution in [0.2, 0.25) is 0 Å². The van der Waals surface area contributed by atoms with Crippen LogP contribution in [0.4, 0.5) is 0 Å². The van der Waals surface area contributed by atoms with Gasteiger partial charge in [0.15, 0.2) is 5.76 Å². The van der Waals surface area contributed by atoms with Crippen LogP contribution in [-0.4, -0.2) is 52.9 Å². The van der Waals surface area contributed by atoms with Crippen molar-refractivity contribution < 1.29 is 19.1 Å². The van der Waals surface area contributed by atoms with E-state index in [1.807, 2.05) is 54.0 Å². The lowest BCUT2D eigenvalue weighted by Crippen LogP contribution is -2.46. The van der Waals surface area contributed by atoms with Crippen LogP contribution >= 0.6 is 0 Å². The third kappa shape index (κ3) is 4.92. The molecule has 2 aromatic carbocycles. The predicted molar refractivity (Wildman–Crippen MR) is 140 cm³/mol. The van der Waals surface area contributed by atoms with Crippen LogP contribution in [0, 0.1) is 5.92 Å². The Morgan fingerprint density at radius 2 is 1.69 bits per heavy atom. The van der Waals surface area contributed by atoms with Gasteiger partial charge in [-0.2, -0.15) is 0 Å². The molecule has 0 aliphatic carbocycles. The van der Waals surface area contributed by atoms with Gasteiger partial charge in [-0.1, -0.05) is 50.2 Å². The zero-order chi connectivity index (χ0) is 25.3. The molecule has 6 heteroatoms. The molecular formula is C30H36N2O4. The molecule has 0 saturated carbocycles. The molecule has 3 heterocycles. The Hall–Kier alpha value is -3.12. The highest BCUT2D eigenvalue weighted by Crippen LogP contribution is 2.36. The minimum absolute atomic E-state index is 0.0390. The number of carbonyl (C=O) groups excluding carboxylic acids is 2. The van der Waals surface area contributed by atoms with Crippen molar-refractivity contribution in [2.75, 3.05) is 26.2 Å². The van der Waals surface area contributed by atoms with E-state index in [1.165, 1.54) is 5.56 Å². The zero-order valence-corrected chi connectivity index (χ0v) is 21.3. The molecule has 5 rings (SSSR count). The molecule has 0 radical (unpaired) electrons. The molecule has 2 aliphatic heterocycles. The molecule has 1 unspecified atom stereocenters. The van der Waals surface area contributed by atoms with Crippen molar-refractivity contribution in [1.82, 2.24) is 9.80 Å². The van der Waals surface area contributed by atoms with Gasteiger partial charge in [0.1, 0.15) is 5.58 Å². The Bertz CT molecular complexity index is 1220. The zero-order valence-electron chi connectivity index (χ0n) is 21.3. The molecule has 36 heavy (non-hydrogen) atoms. The van der Waals surface area contributed by atoms with Crippen molar-refractivity contribution in [2.45, 2.75) is 57.5 Å². The van der Waals surface area contributed by atoms with Gasteiger partial charge in [0.2, 0.25) is 5.91 Å². The number of aliphatic hydroxyl groups is 1. The Balaban J connectivity index is 1.28.